The van der Waals surface area contributed by atoms with Crippen LogP contribution in [-0.2, 0) is 12.8 Å². The van der Waals surface area contributed by atoms with E-state index in [1.54, 1.807) is 0 Å². The molecular formula is C12H18ClN. The molecule has 0 aliphatic rings. The molecular weight excluding hydrogens is 194 g/mol. The molecule has 0 saturated heterocycles. The monoisotopic (exact) mass is 211 g/mol. The average Bonchev–Trinajstić information content (AvgIpc) is 2.19. The van der Waals surface area contributed by atoms with E-state index in [2.05, 4.69) is 31.0 Å². The summed E-state index contributed by atoms with van der Waals surface area (Å²) in [5.74, 6) is 0.483. The van der Waals surface area contributed by atoms with Crippen molar-refractivity contribution in [2.24, 2.45) is 5.92 Å². The summed E-state index contributed by atoms with van der Waals surface area (Å²) in [7, 11) is 0. The summed E-state index contributed by atoms with van der Waals surface area (Å²) in [5, 5.41) is 0.211. The van der Waals surface area contributed by atoms with E-state index in [0.717, 1.165) is 18.5 Å². The molecule has 14 heavy (non-hydrogen) atoms. The molecule has 0 aliphatic heterocycles. The first-order valence-corrected chi connectivity index (χ1v) is 5.65. The Morgan fingerprint density at radius 3 is 2.50 bits per heavy atom. The Kier molecular flexibility index (Phi) is 4.40. The fourth-order valence-electron chi connectivity index (χ4n) is 1.28. The number of rotatable bonds is 4. The molecule has 0 spiro atoms. The Balaban J connectivity index is 2.59. The molecule has 0 amide bonds. The molecule has 1 aromatic rings. The topological polar surface area (TPSA) is 12.9 Å². The zero-order valence-corrected chi connectivity index (χ0v) is 9.88. The van der Waals surface area contributed by atoms with Crippen LogP contribution in [0.2, 0.25) is 0 Å². The summed E-state index contributed by atoms with van der Waals surface area (Å²) in [6.45, 7) is 6.33. The lowest BCUT2D eigenvalue weighted by molar-refractivity contribution is 0.560. The maximum absolute atomic E-state index is 6.01. The molecule has 0 radical (unpaired) electrons. The number of hydrogen-bond donors (Lipinski definition) is 0. The molecule has 0 fully saturated rings. The van der Waals surface area contributed by atoms with Crippen molar-refractivity contribution in [2.75, 3.05) is 0 Å². The van der Waals surface area contributed by atoms with Crippen molar-refractivity contribution in [1.29, 1.82) is 0 Å². The lowest BCUT2D eigenvalue weighted by Gasteiger charge is -2.12. The predicted octanol–water partition coefficient (Wildman–Crippen LogP) is 3.45. The number of alkyl halides is 1. The molecule has 1 heterocycles. The molecule has 1 rings (SSSR count). The van der Waals surface area contributed by atoms with Crippen LogP contribution in [0.15, 0.2) is 18.3 Å². The summed E-state index contributed by atoms with van der Waals surface area (Å²) in [6, 6.07) is 4.25. The molecule has 1 nitrogen and oxygen atoms in total. The minimum atomic E-state index is 0.211. The Bertz CT molecular complexity index is 266. The van der Waals surface area contributed by atoms with Crippen LogP contribution in [0.3, 0.4) is 0 Å². The van der Waals surface area contributed by atoms with Crippen molar-refractivity contribution in [3.8, 4) is 0 Å². The van der Waals surface area contributed by atoms with E-state index in [9.17, 15) is 0 Å². The zero-order chi connectivity index (χ0) is 10.6. The third-order valence-corrected chi connectivity index (χ3v) is 3.04. The van der Waals surface area contributed by atoms with E-state index in [1.165, 1.54) is 5.56 Å². The van der Waals surface area contributed by atoms with Crippen LogP contribution in [0, 0.1) is 5.92 Å². The van der Waals surface area contributed by atoms with Crippen LogP contribution in [0.1, 0.15) is 32.0 Å². The van der Waals surface area contributed by atoms with Gasteiger partial charge >= 0.3 is 0 Å². The van der Waals surface area contributed by atoms with E-state index in [1.807, 2.05) is 13.1 Å². The molecule has 2 heteroatoms. The van der Waals surface area contributed by atoms with Gasteiger partial charge in [0, 0.05) is 17.3 Å². The van der Waals surface area contributed by atoms with Crippen LogP contribution >= 0.6 is 11.6 Å². The first-order valence-electron chi connectivity index (χ1n) is 5.21. The van der Waals surface area contributed by atoms with Gasteiger partial charge in [0.15, 0.2) is 0 Å². The minimum Gasteiger partial charge on any atom is -0.261 e. The van der Waals surface area contributed by atoms with Gasteiger partial charge in [-0.3, -0.25) is 4.98 Å². The summed E-state index contributed by atoms with van der Waals surface area (Å²) in [5.41, 5.74) is 2.43. The maximum Gasteiger partial charge on any atom is 0.0407 e. The lowest BCUT2D eigenvalue weighted by Crippen LogP contribution is -2.11. The van der Waals surface area contributed by atoms with Crippen LogP contribution in [0.4, 0.5) is 0 Å². The number of halogens is 1. The average molecular weight is 212 g/mol. The number of aromatic nitrogens is 1. The van der Waals surface area contributed by atoms with E-state index < -0.39 is 0 Å². The molecule has 0 aliphatic carbocycles. The Hall–Kier alpha value is -0.560. The summed E-state index contributed by atoms with van der Waals surface area (Å²) in [6.07, 6.45) is 3.98. The number of aryl methyl sites for hydroxylation is 1. The largest absolute Gasteiger partial charge is 0.261 e. The highest BCUT2D eigenvalue weighted by atomic mass is 35.5. The van der Waals surface area contributed by atoms with Crippen LogP contribution in [0.25, 0.3) is 0 Å². The van der Waals surface area contributed by atoms with Crippen LogP contribution in [0.5, 0.6) is 0 Å². The molecule has 78 valence electrons. The third kappa shape index (κ3) is 3.30. The first kappa shape index (κ1) is 11.5. The molecule has 2 unspecified atom stereocenters. The van der Waals surface area contributed by atoms with Crippen molar-refractivity contribution < 1.29 is 0 Å². The van der Waals surface area contributed by atoms with E-state index in [-0.39, 0.29) is 5.38 Å². The van der Waals surface area contributed by atoms with Crippen molar-refractivity contribution in [3.05, 3.63) is 29.6 Å². The number of hydrogen-bond acceptors (Lipinski definition) is 1. The van der Waals surface area contributed by atoms with Gasteiger partial charge in [-0.25, -0.2) is 0 Å². The second kappa shape index (κ2) is 5.35. The Morgan fingerprint density at radius 1 is 1.36 bits per heavy atom. The van der Waals surface area contributed by atoms with E-state index >= 15 is 0 Å². The normalized spacial score (nSPS) is 15.1. The van der Waals surface area contributed by atoms with Gasteiger partial charge in [0.1, 0.15) is 0 Å². The fourth-order valence-corrected chi connectivity index (χ4v) is 1.37. The van der Waals surface area contributed by atoms with Crippen molar-refractivity contribution in [3.63, 3.8) is 0 Å². The van der Waals surface area contributed by atoms with Gasteiger partial charge in [-0.1, -0.05) is 19.9 Å². The number of pyridine rings is 1. The van der Waals surface area contributed by atoms with Gasteiger partial charge in [0.05, 0.1) is 0 Å². The molecule has 0 bridgehead atoms. The molecule has 2 atom stereocenters. The highest BCUT2D eigenvalue weighted by molar-refractivity contribution is 6.20. The second-order valence-electron chi connectivity index (χ2n) is 3.87. The minimum absolute atomic E-state index is 0.211. The third-order valence-electron chi connectivity index (χ3n) is 2.61. The van der Waals surface area contributed by atoms with Crippen molar-refractivity contribution in [1.82, 2.24) is 4.98 Å². The standard InChI is InChI=1S/C12H18ClN/c1-4-11-5-6-12(14-8-11)7-9(2)10(3)13/h5-6,8-10H,4,7H2,1-3H3. The van der Waals surface area contributed by atoms with E-state index in [4.69, 9.17) is 11.6 Å². The van der Waals surface area contributed by atoms with Gasteiger partial charge < -0.3 is 0 Å². The molecule has 0 N–H and O–H groups in total. The van der Waals surface area contributed by atoms with Gasteiger partial charge in [0.25, 0.3) is 0 Å². The second-order valence-corrected chi connectivity index (χ2v) is 4.56. The smallest absolute Gasteiger partial charge is 0.0407 e. The van der Waals surface area contributed by atoms with Crippen molar-refractivity contribution >= 4 is 11.6 Å². The Morgan fingerprint density at radius 2 is 2.07 bits per heavy atom. The number of nitrogens with zero attached hydrogens (tertiary/aromatic N) is 1. The fraction of sp³-hybridized carbons (Fsp3) is 0.583. The van der Waals surface area contributed by atoms with Crippen LogP contribution < -0.4 is 0 Å². The lowest BCUT2D eigenvalue weighted by atomic mass is 10.0. The van der Waals surface area contributed by atoms with E-state index in [0.29, 0.717) is 5.92 Å². The van der Waals surface area contributed by atoms with Gasteiger partial charge in [0.2, 0.25) is 0 Å². The summed E-state index contributed by atoms with van der Waals surface area (Å²) in [4.78, 5) is 4.41. The predicted molar refractivity (Wildman–Crippen MR) is 61.8 cm³/mol. The highest BCUT2D eigenvalue weighted by Gasteiger charge is 2.10. The SMILES string of the molecule is CCc1ccc(CC(C)C(C)Cl)nc1. The highest BCUT2D eigenvalue weighted by Crippen LogP contribution is 2.14. The van der Waals surface area contributed by atoms with Gasteiger partial charge in [-0.15, -0.1) is 11.6 Å². The molecule has 0 aromatic carbocycles. The maximum atomic E-state index is 6.01. The van der Waals surface area contributed by atoms with Crippen LogP contribution in [-0.4, -0.2) is 10.4 Å². The summed E-state index contributed by atoms with van der Waals surface area (Å²) < 4.78 is 0. The Labute approximate surface area is 91.5 Å². The quantitative estimate of drug-likeness (QED) is 0.696. The zero-order valence-electron chi connectivity index (χ0n) is 9.13. The summed E-state index contributed by atoms with van der Waals surface area (Å²) >= 11 is 6.01. The first-order chi connectivity index (χ1) is 6.63. The van der Waals surface area contributed by atoms with Crippen molar-refractivity contribution in [2.45, 2.75) is 39.0 Å². The molecule has 1 aromatic heterocycles. The van der Waals surface area contributed by atoms with Gasteiger partial charge in [-0.05, 0) is 37.3 Å². The molecule has 0 saturated carbocycles. The van der Waals surface area contributed by atoms with Gasteiger partial charge in [-0.2, -0.15) is 0 Å².